The van der Waals surface area contributed by atoms with E-state index in [1.165, 1.54) is 36.1 Å². The zero-order valence-corrected chi connectivity index (χ0v) is 29.2. The molecule has 1 unspecified atom stereocenters. The molecule has 0 spiro atoms. The highest BCUT2D eigenvalue weighted by molar-refractivity contribution is 7.46. The summed E-state index contributed by atoms with van der Waals surface area (Å²) in [6.07, 6.45) is 3.06. The largest absolute Gasteiger partial charge is 0.524 e. The molecular formula is C34H45N6O10P. The highest BCUT2D eigenvalue weighted by Gasteiger charge is 2.45. The average Bonchev–Trinajstić information content (AvgIpc) is 3.49. The fraction of sp³-hybridized carbons (Fsp3) is 0.471. The molecule has 4 rings (SSSR count). The van der Waals surface area contributed by atoms with Gasteiger partial charge in [0.2, 0.25) is 35.4 Å². The predicted molar refractivity (Wildman–Crippen MR) is 183 cm³/mol. The second-order valence-electron chi connectivity index (χ2n) is 12.8. The van der Waals surface area contributed by atoms with Gasteiger partial charge in [0.1, 0.15) is 29.9 Å². The van der Waals surface area contributed by atoms with Gasteiger partial charge >= 0.3 is 7.82 Å². The summed E-state index contributed by atoms with van der Waals surface area (Å²) in [7, 11) is -4.77. The first-order valence-corrected chi connectivity index (χ1v) is 18.4. The molecule has 17 heteroatoms. The zero-order chi connectivity index (χ0) is 37.1. The lowest BCUT2D eigenvalue weighted by atomic mass is 9.98. The zero-order valence-electron chi connectivity index (χ0n) is 28.3. The minimum atomic E-state index is -4.77. The first kappa shape index (κ1) is 39.0. The van der Waals surface area contributed by atoms with Gasteiger partial charge < -0.3 is 36.4 Å². The number of nitrogens with zero attached hydrogens (tertiary/aromatic N) is 1. The van der Waals surface area contributed by atoms with Crippen molar-refractivity contribution in [1.82, 2.24) is 26.2 Å². The van der Waals surface area contributed by atoms with Gasteiger partial charge in [-0.2, -0.15) is 0 Å². The van der Waals surface area contributed by atoms with Crippen molar-refractivity contribution in [3.63, 3.8) is 0 Å². The maximum Gasteiger partial charge on any atom is 0.524 e. The van der Waals surface area contributed by atoms with E-state index in [-0.39, 0.29) is 37.6 Å². The van der Waals surface area contributed by atoms with Gasteiger partial charge in [-0.3, -0.25) is 38.6 Å². The maximum atomic E-state index is 14.1. The Morgan fingerprint density at radius 3 is 2.24 bits per heavy atom. The van der Waals surface area contributed by atoms with E-state index < -0.39 is 67.4 Å². The molecule has 0 radical (unpaired) electrons. The molecule has 0 bridgehead atoms. The van der Waals surface area contributed by atoms with Gasteiger partial charge in [0.15, 0.2) is 0 Å². The van der Waals surface area contributed by atoms with Crippen LogP contribution in [0.3, 0.4) is 0 Å². The molecule has 276 valence electrons. The number of phosphoric ester groups is 1. The second kappa shape index (κ2) is 17.9. The van der Waals surface area contributed by atoms with E-state index in [0.717, 1.165) is 12.0 Å². The summed E-state index contributed by atoms with van der Waals surface area (Å²) in [5, 5.41) is 10.9. The molecule has 5 atom stereocenters. The summed E-state index contributed by atoms with van der Waals surface area (Å²) in [5.74, 6) is -3.34. The Labute approximate surface area is 295 Å². The minimum Gasteiger partial charge on any atom is -0.404 e. The summed E-state index contributed by atoms with van der Waals surface area (Å²) >= 11 is 0. The molecular weight excluding hydrogens is 683 g/mol. The topological polar surface area (TPSA) is 247 Å². The molecule has 51 heavy (non-hydrogen) atoms. The molecule has 2 heterocycles. The summed E-state index contributed by atoms with van der Waals surface area (Å²) in [6, 6.07) is 10.4. The smallest absolute Gasteiger partial charge is 0.404 e. The summed E-state index contributed by atoms with van der Waals surface area (Å²) in [5.41, 5.74) is 6.73. The number of carbonyl (C=O) groups excluding carboxylic acids is 6. The van der Waals surface area contributed by atoms with Crippen LogP contribution in [0.4, 0.5) is 0 Å². The molecule has 2 aliphatic rings. The van der Waals surface area contributed by atoms with E-state index in [4.69, 9.17) is 15.5 Å². The molecule has 0 saturated carbocycles. The lowest BCUT2D eigenvalue weighted by molar-refractivity contribution is -0.145. The van der Waals surface area contributed by atoms with Crippen molar-refractivity contribution in [2.45, 2.75) is 101 Å². The van der Waals surface area contributed by atoms with Crippen molar-refractivity contribution in [3.05, 3.63) is 65.7 Å². The Kier molecular flexibility index (Phi) is 13.7. The predicted octanol–water partition coefficient (Wildman–Crippen LogP) is 0.690. The Hall–Kier alpha value is -4.79. The highest BCUT2D eigenvalue weighted by Crippen LogP contribution is 2.37. The van der Waals surface area contributed by atoms with Gasteiger partial charge in [-0.25, -0.2) is 4.57 Å². The van der Waals surface area contributed by atoms with Crippen LogP contribution in [0.2, 0.25) is 0 Å². The first-order chi connectivity index (χ1) is 24.2. The van der Waals surface area contributed by atoms with Gasteiger partial charge in [-0.1, -0.05) is 55.3 Å². The standard InChI is InChI=1S/C34H45N6O10P/c1-21(41)37-28(19-22-11-14-25(15-12-22)50-51(47,48)49)32(44)39-27-10-6-5-9-24-13-17-29(40(24)34(27)46)33(45)38-26(16-18-30(35)42)31(43)36-20-23-7-3-2-4-8-23/h2-4,7-8,11-12,14-15,24,26-29H,5-6,9-10,13,16-20H2,1H3,(H2,35,42)(H,36,43)(H,37,41)(H,38,45)(H,39,44)(H2,47,48,49)/t24-,26-,27-,28?,29-/m0/s1. The number of hydrogen-bond donors (Lipinski definition) is 7. The third kappa shape index (κ3) is 11.9. The summed E-state index contributed by atoms with van der Waals surface area (Å²) in [6.45, 7) is 1.45. The Balaban J connectivity index is 1.46. The Morgan fingerprint density at radius 1 is 0.902 bits per heavy atom. The van der Waals surface area contributed by atoms with Crippen LogP contribution in [0.5, 0.6) is 5.75 Å². The van der Waals surface area contributed by atoms with Crippen molar-refractivity contribution >= 4 is 43.3 Å². The molecule has 6 amide bonds. The van der Waals surface area contributed by atoms with E-state index in [1.807, 2.05) is 30.3 Å². The number of fused-ring (bicyclic) bond motifs is 1. The van der Waals surface area contributed by atoms with Crippen LogP contribution in [0.1, 0.15) is 69.4 Å². The number of benzene rings is 2. The lowest BCUT2D eigenvalue weighted by Crippen LogP contribution is -2.60. The fourth-order valence-electron chi connectivity index (χ4n) is 6.44. The van der Waals surface area contributed by atoms with E-state index in [2.05, 4.69) is 25.8 Å². The quantitative estimate of drug-likeness (QED) is 0.127. The number of amides is 6. The van der Waals surface area contributed by atoms with Crippen LogP contribution < -0.4 is 31.5 Å². The molecule has 2 fully saturated rings. The molecule has 16 nitrogen and oxygen atoms in total. The molecule has 2 aromatic carbocycles. The van der Waals surface area contributed by atoms with Crippen LogP contribution in [0, 0.1) is 0 Å². The van der Waals surface area contributed by atoms with Gasteiger partial charge in [-0.15, -0.1) is 0 Å². The van der Waals surface area contributed by atoms with E-state index >= 15 is 0 Å². The van der Waals surface area contributed by atoms with E-state index in [0.29, 0.717) is 37.7 Å². The number of rotatable bonds is 15. The Morgan fingerprint density at radius 2 is 1.59 bits per heavy atom. The molecule has 0 aromatic heterocycles. The SMILES string of the molecule is CC(=O)NC(Cc1ccc(OP(=O)(O)O)cc1)C(=O)N[C@H]1CCCC[C@H]2CC[C@@H](C(=O)N[C@@H](CCC(N)=O)C(=O)NCc3ccccc3)N2C1=O. The van der Waals surface area contributed by atoms with Gasteiger partial charge in [-0.05, 0) is 55.4 Å². The van der Waals surface area contributed by atoms with Crippen molar-refractivity contribution in [2.75, 3.05) is 0 Å². The summed E-state index contributed by atoms with van der Waals surface area (Å²) < 4.78 is 15.7. The molecule has 2 saturated heterocycles. The number of phosphoric acid groups is 1. The molecule has 8 N–H and O–H groups in total. The minimum absolute atomic E-state index is 0.00108. The van der Waals surface area contributed by atoms with Crippen LogP contribution >= 0.6 is 7.82 Å². The second-order valence-corrected chi connectivity index (χ2v) is 14.0. The summed E-state index contributed by atoms with van der Waals surface area (Å²) in [4.78, 5) is 97.8. The third-order valence-electron chi connectivity index (χ3n) is 8.86. The molecule has 0 aliphatic carbocycles. The number of carbonyl (C=O) groups is 6. The first-order valence-electron chi connectivity index (χ1n) is 16.8. The number of primary amides is 1. The van der Waals surface area contributed by atoms with Gasteiger partial charge in [0.25, 0.3) is 0 Å². The van der Waals surface area contributed by atoms with Crippen molar-refractivity contribution in [2.24, 2.45) is 5.73 Å². The van der Waals surface area contributed by atoms with Crippen molar-refractivity contribution < 1.29 is 47.6 Å². The highest BCUT2D eigenvalue weighted by atomic mass is 31.2. The van der Waals surface area contributed by atoms with E-state index in [1.54, 1.807) is 0 Å². The van der Waals surface area contributed by atoms with Crippen molar-refractivity contribution in [3.8, 4) is 5.75 Å². The Bertz CT molecular complexity index is 1620. The van der Waals surface area contributed by atoms with Crippen LogP contribution in [-0.4, -0.2) is 80.3 Å². The van der Waals surface area contributed by atoms with Crippen molar-refractivity contribution in [1.29, 1.82) is 0 Å². The van der Waals surface area contributed by atoms with Gasteiger partial charge in [0, 0.05) is 32.4 Å². The fourth-order valence-corrected chi connectivity index (χ4v) is 6.84. The maximum absolute atomic E-state index is 14.1. The number of hydrogen-bond acceptors (Lipinski definition) is 8. The van der Waals surface area contributed by atoms with E-state index in [9.17, 15) is 33.3 Å². The normalized spacial score (nSPS) is 20.1. The van der Waals surface area contributed by atoms with Crippen LogP contribution in [-0.2, 0) is 46.3 Å². The molecule has 2 aromatic rings. The third-order valence-corrected chi connectivity index (χ3v) is 9.31. The number of nitrogens with one attached hydrogen (secondary N) is 4. The van der Waals surface area contributed by atoms with Crippen LogP contribution in [0.15, 0.2) is 54.6 Å². The lowest BCUT2D eigenvalue weighted by Gasteiger charge is -2.36. The monoisotopic (exact) mass is 728 g/mol. The average molecular weight is 729 g/mol. The number of nitrogens with two attached hydrogens (primary N) is 1. The molecule has 2 aliphatic heterocycles. The van der Waals surface area contributed by atoms with Crippen LogP contribution in [0.25, 0.3) is 0 Å². The van der Waals surface area contributed by atoms with Gasteiger partial charge in [0.05, 0.1) is 0 Å².